The lowest BCUT2D eigenvalue weighted by Gasteiger charge is -2.26. The number of rotatable bonds is 4. The predicted molar refractivity (Wildman–Crippen MR) is 121 cm³/mol. The van der Waals surface area contributed by atoms with Gasteiger partial charge >= 0.3 is 0 Å². The standard InChI is InChI=1S/C25H23N5O2/c1-18-22-23(19-8-4-2-5-9-19)21(16-26)24(27-17-29-12-14-31-15-13-29)32-25(22)30(28-18)20-10-6-3-7-11-20/h2-11,17,23H,12-15H2,1H3. The molecule has 1 saturated heterocycles. The number of benzene rings is 2. The molecule has 0 amide bonds. The Morgan fingerprint density at radius 3 is 2.44 bits per heavy atom. The lowest BCUT2D eigenvalue weighted by molar-refractivity contribution is 0.0699. The third kappa shape index (κ3) is 3.66. The molecule has 160 valence electrons. The van der Waals surface area contributed by atoms with Crippen LogP contribution in [0.1, 0.15) is 22.7 Å². The van der Waals surface area contributed by atoms with E-state index in [1.807, 2.05) is 67.6 Å². The molecule has 2 aliphatic rings. The molecule has 0 spiro atoms. The van der Waals surface area contributed by atoms with Crippen LogP contribution in [-0.2, 0) is 4.74 Å². The third-order valence-electron chi connectivity index (χ3n) is 5.70. The van der Waals surface area contributed by atoms with Crippen LogP contribution in [0.2, 0.25) is 0 Å². The SMILES string of the molecule is Cc1nn(-c2ccccc2)c2c1C(c1ccccc1)C(C#N)=C(N=CN1CCOCC1)O2. The molecule has 2 aliphatic heterocycles. The van der Waals surface area contributed by atoms with Gasteiger partial charge in [0.2, 0.25) is 11.8 Å². The van der Waals surface area contributed by atoms with Gasteiger partial charge in [0.15, 0.2) is 0 Å². The Hall–Kier alpha value is -3.89. The normalized spacial score (nSPS) is 18.4. The van der Waals surface area contributed by atoms with E-state index in [9.17, 15) is 5.26 Å². The topological polar surface area (TPSA) is 75.7 Å². The summed E-state index contributed by atoms with van der Waals surface area (Å²) in [4.78, 5) is 6.69. The van der Waals surface area contributed by atoms with Gasteiger partial charge in [-0.2, -0.15) is 10.4 Å². The number of fused-ring (bicyclic) bond motifs is 1. The van der Waals surface area contributed by atoms with Crippen LogP contribution < -0.4 is 4.74 Å². The predicted octanol–water partition coefficient (Wildman–Crippen LogP) is 3.80. The summed E-state index contributed by atoms with van der Waals surface area (Å²) >= 11 is 0. The maximum absolute atomic E-state index is 10.1. The fourth-order valence-electron chi connectivity index (χ4n) is 4.12. The molecule has 1 atom stereocenters. The van der Waals surface area contributed by atoms with Crippen molar-refractivity contribution in [3.63, 3.8) is 0 Å². The molecule has 0 aliphatic carbocycles. The van der Waals surface area contributed by atoms with Crippen LogP contribution in [0.4, 0.5) is 0 Å². The second-order valence-corrected chi connectivity index (χ2v) is 7.72. The highest BCUT2D eigenvalue weighted by Gasteiger charge is 2.36. The zero-order valence-electron chi connectivity index (χ0n) is 17.8. The van der Waals surface area contributed by atoms with Crippen LogP contribution in [-0.4, -0.2) is 47.3 Å². The molecule has 0 saturated carbocycles. The number of allylic oxidation sites excluding steroid dienone is 1. The molecule has 7 nitrogen and oxygen atoms in total. The summed E-state index contributed by atoms with van der Waals surface area (Å²) in [5, 5.41) is 14.9. The van der Waals surface area contributed by atoms with Crippen molar-refractivity contribution < 1.29 is 9.47 Å². The summed E-state index contributed by atoms with van der Waals surface area (Å²) in [6.45, 7) is 4.79. The first-order chi connectivity index (χ1) is 15.8. The van der Waals surface area contributed by atoms with Gasteiger partial charge in [0.05, 0.1) is 42.4 Å². The highest BCUT2D eigenvalue weighted by atomic mass is 16.5. The van der Waals surface area contributed by atoms with Gasteiger partial charge in [0.25, 0.3) is 0 Å². The Morgan fingerprint density at radius 1 is 1.06 bits per heavy atom. The quantitative estimate of drug-likeness (QED) is 0.469. The lowest BCUT2D eigenvalue weighted by atomic mass is 9.84. The van der Waals surface area contributed by atoms with Crippen LogP contribution in [0.3, 0.4) is 0 Å². The fourth-order valence-corrected chi connectivity index (χ4v) is 4.12. The molecule has 3 aromatic rings. The number of aliphatic imine (C=N–C) groups is 1. The zero-order chi connectivity index (χ0) is 21.9. The zero-order valence-corrected chi connectivity index (χ0v) is 17.8. The minimum Gasteiger partial charge on any atom is -0.419 e. The van der Waals surface area contributed by atoms with Gasteiger partial charge in [-0.25, -0.2) is 9.67 Å². The first kappa shape index (κ1) is 20.0. The first-order valence-electron chi connectivity index (χ1n) is 10.6. The van der Waals surface area contributed by atoms with Crippen LogP contribution in [0, 0.1) is 18.3 Å². The van der Waals surface area contributed by atoms with Gasteiger partial charge in [0, 0.05) is 13.1 Å². The number of para-hydroxylation sites is 1. The number of nitrogens with zero attached hydrogens (tertiary/aromatic N) is 5. The van der Waals surface area contributed by atoms with Crippen molar-refractivity contribution in [2.45, 2.75) is 12.8 Å². The van der Waals surface area contributed by atoms with E-state index in [0.29, 0.717) is 30.5 Å². The minimum atomic E-state index is -0.306. The van der Waals surface area contributed by atoms with E-state index in [0.717, 1.165) is 35.6 Å². The molecule has 32 heavy (non-hydrogen) atoms. The van der Waals surface area contributed by atoms with Crippen molar-refractivity contribution in [1.82, 2.24) is 14.7 Å². The maximum atomic E-state index is 10.1. The molecular weight excluding hydrogens is 402 g/mol. The number of ether oxygens (including phenoxy) is 2. The van der Waals surface area contributed by atoms with Gasteiger partial charge in [-0.05, 0) is 24.6 Å². The number of morpholine rings is 1. The monoisotopic (exact) mass is 425 g/mol. The molecule has 0 radical (unpaired) electrons. The second kappa shape index (κ2) is 8.69. The Bertz CT molecular complexity index is 1200. The number of hydrogen-bond donors (Lipinski definition) is 0. The van der Waals surface area contributed by atoms with E-state index in [4.69, 9.17) is 14.6 Å². The van der Waals surface area contributed by atoms with E-state index in [2.05, 4.69) is 16.0 Å². The first-order valence-corrected chi connectivity index (χ1v) is 10.6. The Morgan fingerprint density at radius 2 is 1.75 bits per heavy atom. The Kier molecular flexibility index (Phi) is 5.44. The van der Waals surface area contributed by atoms with Gasteiger partial charge in [-0.1, -0.05) is 48.5 Å². The highest BCUT2D eigenvalue weighted by molar-refractivity contribution is 5.61. The Labute approximate surface area is 186 Å². The van der Waals surface area contributed by atoms with E-state index in [1.54, 1.807) is 11.0 Å². The van der Waals surface area contributed by atoms with Crippen molar-refractivity contribution in [3.8, 4) is 17.6 Å². The third-order valence-corrected chi connectivity index (χ3v) is 5.70. The Balaban J connectivity index is 1.65. The van der Waals surface area contributed by atoms with Gasteiger partial charge in [-0.3, -0.25) is 0 Å². The second-order valence-electron chi connectivity index (χ2n) is 7.72. The van der Waals surface area contributed by atoms with Crippen molar-refractivity contribution in [1.29, 1.82) is 5.26 Å². The number of aromatic nitrogens is 2. The average Bonchev–Trinajstić information content (AvgIpc) is 3.19. The largest absolute Gasteiger partial charge is 0.419 e. The van der Waals surface area contributed by atoms with Crippen LogP contribution >= 0.6 is 0 Å². The summed E-state index contributed by atoms with van der Waals surface area (Å²) in [5.41, 5.74) is 4.08. The van der Waals surface area contributed by atoms with E-state index < -0.39 is 0 Å². The molecule has 0 bridgehead atoms. The summed E-state index contributed by atoms with van der Waals surface area (Å²) in [6, 6.07) is 22.2. The summed E-state index contributed by atoms with van der Waals surface area (Å²) in [7, 11) is 0. The summed E-state index contributed by atoms with van der Waals surface area (Å²) < 4.78 is 13.5. The lowest BCUT2D eigenvalue weighted by Crippen LogP contribution is -2.35. The van der Waals surface area contributed by atoms with Gasteiger partial charge in [-0.15, -0.1) is 0 Å². The molecule has 0 N–H and O–H groups in total. The minimum absolute atomic E-state index is 0.303. The van der Waals surface area contributed by atoms with Gasteiger partial charge in [0.1, 0.15) is 11.6 Å². The average molecular weight is 425 g/mol. The van der Waals surface area contributed by atoms with Crippen LogP contribution in [0.5, 0.6) is 5.88 Å². The molecule has 7 heteroatoms. The van der Waals surface area contributed by atoms with E-state index >= 15 is 0 Å². The molecule has 1 unspecified atom stereocenters. The molecule has 1 fully saturated rings. The molecule has 5 rings (SSSR count). The summed E-state index contributed by atoms with van der Waals surface area (Å²) in [6.07, 6.45) is 1.75. The molecule has 3 heterocycles. The molecule has 2 aromatic carbocycles. The fraction of sp³-hybridized carbons (Fsp3) is 0.240. The van der Waals surface area contributed by atoms with E-state index in [-0.39, 0.29) is 5.92 Å². The number of aryl methyl sites for hydroxylation is 1. The van der Waals surface area contributed by atoms with Crippen LogP contribution in [0.15, 0.2) is 77.1 Å². The summed E-state index contributed by atoms with van der Waals surface area (Å²) in [5.74, 6) is 0.590. The van der Waals surface area contributed by atoms with Gasteiger partial charge < -0.3 is 14.4 Å². The highest BCUT2D eigenvalue weighted by Crippen LogP contribution is 2.45. The van der Waals surface area contributed by atoms with Crippen LogP contribution in [0.25, 0.3) is 5.69 Å². The van der Waals surface area contributed by atoms with E-state index in [1.165, 1.54) is 0 Å². The smallest absolute Gasteiger partial charge is 0.237 e. The van der Waals surface area contributed by atoms with Crippen molar-refractivity contribution in [3.05, 3.63) is 88.9 Å². The number of nitriles is 1. The number of hydrogen-bond acceptors (Lipinski definition) is 5. The molecule has 1 aromatic heterocycles. The van der Waals surface area contributed by atoms with Crippen molar-refractivity contribution in [2.24, 2.45) is 4.99 Å². The van der Waals surface area contributed by atoms with Crippen molar-refractivity contribution >= 4 is 6.34 Å². The molecular formula is C25H23N5O2. The van der Waals surface area contributed by atoms with Crippen molar-refractivity contribution in [2.75, 3.05) is 26.3 Å². The maximum Gasteiger partial charge on any atom is 0.237 e.